The van der Waals surface area contributed by atoms with Gasteiger partial charge in [-0.05, 0) is 37.3 Å². The first-order chi connectivity index (χ1) is 18.8. The highest BCUT2D eigenvalue weighted by atomic mass is 19.1. The van der Waals surface area contributed by atoms with E-state index >= 15 is 0 Å². The number of methoxy groups -OCH3 is 1. The molecule has 39 heavy (non-hydrogen) atoms. The van der Waals surface area contributed by atoms with Gasteiger partial charge in [-0.15, -0.1) is 5.10 Å². The lowest BCUT2D eigenvalue weighted by atomic mass is 10.0. The first-order valence-corrected chi connectivity index (χ1v) is 11.9. The topological polar surface area (TPSA) is 114 Å². The molecule has 0 saturated heterocycles. The van der Waals surface area contributed by atoms with Gasteiger partial charge in [-0.25, -0.2) is 33.2 Å². The van der Waals surface area contributed by atoms with Crippen LogP contribution in [0.2, 0.25) is 0 Å². The van der Waals surface area contributed by atoms with Gasteiger partial charge >= 0.3 is 5.97 Å². The van der Waals surface area contributed by atoms with Crippen molar-refractivity contribution in [3.05, 3.63) is 83.9 Å². The maximum Gasteiger partial charge on any atom is 0.340 e. The van der Waals surface area contributed by atoms with Gasteiger partial charge in [0.05, 0.1) is 48.0 Å². The summed E-state index contributed by atoms with van der Waals surface area (Å²) in [6.07, 6.45) is 5.05. The van der Waals surface area contributed by atoms with E-state index in [1.807, 2.05) is 26.2 Å². The Morgan fingerprint density at radius 3 is 2.62 bits per heavy atom. The molecular formula is C27H20F2N8O2. The molecule has 0 radical (unpaired) electrons. The van der Waals surface area contributed by atoms with Gasteiger partial charge in [0, 0.05) is 41.4 Å². The van der Waals surface area contributed by atoms with Crippen LogP contribution in [0, 0.1) is 11.6 Å². The van der Waals surface area contributed by atoms with Gasteiger partial charge in [0.1, 0.15) is 11.6 Å². The molecule has 4 aromatic heterocycles. The van der Waals surface area contributed by atoms with Gasteiger partial charge in [-0.3, -0.25) is 4.68 Å². The first kappa shape index (κ1) is 24.2. The van der Waals surface area contributed by atoms with Gasteiger partial charge in [-0.1, -0.05) is 11.3 Å². The van der Waals surface area contributed by atoms with E-state index in [0.29, 0.717) is 28.1 Å². The highest BCUT2D eigenvalue weighted by Crippen LogP contribution is 2.33. The molecule has 12 heteroatoms. The molecule has 0 aliphatic carbocycles. The monoisotopic (exact) mass is 526 g/mol. The summed E-state index contributed by atoms with van der Waals surface area (Å²) >= 11 is 0. The molecule has 0 saturated carbocycles. The number of carbonyl (C=O) groups is 1. The van der Waals surface area contributed by atoms with Gasteiger partial charge in [0.2, 0.25) is 5.65 Å². The standard InChI is InChI=1S/C27H20F2N8O2/c1-14(24-20(17-11-31-36(2)13-17)8-15-4-6-18(28)10-22(15)32-24)37-26-25(34-35-37)30-12-23(33-26)16-5-7-19(21(29)9-16)27(38)39-3/h4-14H,1-3H3. The minimum Gasteiger partial charge on any atom is -0.465 e. The molecule has 6 aromatic rings. The quantitative estimate of drug-likeness (QED) is 0.302. The Morgan fingerprint density at radius 1 is 1.03 bits per heavy atom. The molecule has 2 aromatic carbocycles. The van der Waals surface area contributed by atoms with E-state index in [2.05, 4.69) is 30.1 Å². The summed E-state index contributed by atoms with van der Waals surface area (Å²) in [6, 6.07) is 9.97. The fraction of sp³-hybridized carbons (Fsp3) is 0.148. The molecule has 10 nitrogen and oxygen atoms in total. The Kier molecular flexibility index (Phi) is 5.78. The fourth-order valence-electron chi connectivity index (χ4n) is 4.46. The minimum atomic E-state index is -0.774. The van der Waals surface area contributed by atoms with Crippen LogP contribution in [0.15, 0.2) is 61.1 Å². The first-order valence-electron chi connectivity index (χ1n) is 11.9. The SMILES string of the molecule is COC(=O)c1ccc(-c2cnc3nnn(C(C)c4nc5cc(F)ccc5cc4-c4cnn(C)c4)c3n2)cc1F. The van der Waals surface area contributed by atoms with Crippen LogP contribution >= 0.6 is 0 Å². The van der Waals surface area contributed by atoms with E-state index in [-0.39, 0.29) is 11.2 Å². The number of hydrogen-bond acceptors (Lipinski definition) is 8. The number of fused-ring (bicyclic) bond motifs is 2. The molecule has 0 aliphatic heterocycles. The maximum absolute atomic E-state index is 14.6. The second-order valence-corrected chi connectivity index (χ2v) is 8.96. The van der Waals surface area contributed by atoms with Gasteiger partial charge in [0.15, 0.2) is 5.65 Å². The smallest absolute Gasteiger partial charge is 0.340 e. The largest absolute Gasteiger partial charge is 0.465 e. The van der Waals surface area contributed by atoms with Gasteiger partial charge < -0.3 is 4.74 Å². The Balaban J connectivity index is 1.48. The lowest BCUT2D eigenvalue weighted by molar-refractivity contribution is 0.0595. The van der Waals surface area contributed by atoms with E-state index < -0.39 is 23.6 Å². The number of nitrogens with zero attached hydrogens (tertiary/aromatic N) is 8. The van der Waals surface area contributed by atoms with Crippen LogP contribution in [0.5, 0.6) is 0 Å². The molecular weight excluding hydrogens is 506 g/mol. The van der Waals surface area contributed by atoms with Crippen molar-refractivity contribution < 1.29 is 18.3 Å². The summed E-state index contributed by atoms with van der Waals surface area (Å²) in [4.78, 5) is 25.6. The molecule has 0 bridgehead atoms. The molecule has 194 valence electrons. The van der Waals surface area contributed by atoms with Crippen molar-refractivity contribution >= 4 is 28.2 Å². The number of rotatable bonds is 5. The number of carbonyl (C=O) groups excluding carboxylic acids is 1. The molecule has 0 aliphatic rings. The summed E-state index contributed by atoms with van der Waals surface area (Å²) in [7, 11) is 3.00. The van der Waals surface area contributed by atoms with Crippen molar-refractivity contribution in [3.63, 3.8) is 0 Å². The third-order valence-corrected chi connectivity index (χ3v) is 6.45. The van der Waals surface area contributed by atoms with E-state index in [1.165, 1.54) is 37.6 Å². The number of halogens is 2. The van der Waals surface area contributed by atoms with Crippen molar-refractivity contribution in [2.24, 2.45) is 7.05 Å². The van der Waals surface area contributed by atoms with Crippen molar-refractivity contribution in [2.75, 3.05) is 7.11 Å². The van der Waals surface area contributed by atoms with Crippen LogP contribution in [-0.4, -0.2) is 52.8 Å². The number of hydrogen-bond donors (Lipinski definition) is 0. The Morgan fingerprint density at radius 2 is 1.87 bits per heavy atom. The van der Waals surface area contributed by atoms with Crippen LogP contribution in [0.1, 0.15) is 29.0 Å². The molecule has 0 spiro atoms. The zero-order valence-electron chi connectivity index (χ0n) is 21.0. The highest BCUT2D eigenvalue weighted by Gasteiger charge is 2.23. The molecule has 0 fully saturated rings. The summed E-state index contributed by atoms with van der Waals surface area (Å²) in [5, 5.41) is 13.5. The maximum atomic E-state index is 14.6. The molecule has 4 heterocycles. The molecule has 1 unspecified atom stereocenters. The van der Waals surface area contributed by atoms with Crippen LogP contribution in [0.4, 0.5) is 8.78 Å². The Labute approximate surface area is 219 Å². The van der Waals surface area contributed by atoms with Crippen LogP contribution in [0.25, 0.3) is 44.6 Å². The number of aromatic nitrogens is 8. The highest BCUT2D eigenvalue weighted by molar-refractivity contribution is 5.90. The summed E-state index contributed by atoms with van der Waals surface area (Å²) in [5.41, 5.74) is 3.92. The molecule has 0 N–H and O–H groups in total. The third-order valence-electron chi connectivity index (χ3n) is 6.45. The number of esters is 1. The average molecular weight is 527 g/mol. The number of pyridine rings is 1. The van der Waals surface area contributed by atoms with E-state index in [1.54, 1.807) is 27.7 Å². The van der Waals surface area contributed by atoms with Crippen LogP contribution < -0.4 is 0 Å². The lowest BCUT2D eigenvalue weighted by Crippen LogP contribution is -2.13. The number of ether oxygens (including phenoxy) is 1. The van der Waals surface area contributed by atoms with Crippen molar-refractivity contribution in [2.45, 2.75) is 13.0 Å². The predicted octanol–water partition coefficient (Wildman–Crippen LogP) is 4.51. The average Bonchev–Trinajstić information content (AvgIpc) is 3.57. The molecule has 6 rings (SSSR count). The van der Waals surface area contributed by atoms with E-state index in [4.69, 9.17) is 4.98 Å². The van der Waals surface area contributed by atoms with E-state index in [0.717, 1.165) is 16.5 Å². The van der Waals surface area contributed by atoms with Crippen molar-refractivity contribution in [1.29, 1.82) is 0 Å². The van der Waals surface area contributed by atoms with Crippen molar-refractivity contribution in [3.8, 4) is 22.4 Å². The summed E-state index contributed by atoms with van der Waals surface area (Å²) in [6.45, 7) is 1.88. The second-order valence-electron chi connectivity index (χ2n) is 8.96. The number of benzene rings is 2. The molecule has 0 amide bonds. The Bertz CT molecular complexity index is 1900. The zero-order valence-corrected chi connectivity index (χ0v) is 21.0. The van der Waals surface area contributed by atoms with Gasteiger partial charge in [-0.2, -0.15) is 5.10 Å². The third kappa shape index (κ3) is 4.25. The van der Waals surface area contributed by atoms with Crippen LogP contribution in [-0.2, 0) is 11.8 Å². The molecule has 1 atom stereocenters. The lowest BCUT2D eigenvalue weighted by Gasteiger charge is -2.17. The normalized spacial score (nSPS) is 12.2. The van der Waals surface area contributed by atoms with E-state index in [9.17, 15) is 13.6 Å². The summed E-state index contributed by atoms with van der Waals surface area (Å²) < 4.78 is 36.5. The predicted molar refractivity (Wildman–Crippen MR) is 138 cm³/mol. The minimum absolute atomic E-state index is 0.183. The number of aryl methyl sites for hydroxylation is 1. The summed E-state index contributed by atoms with van der Waals surface area (Å²) in [5.74, 6) is -1.91. The van der Waals surface area contributed by atoms with Gasteiger partial charge in [0.25, 0.3) is 0 Å². The van der Waals surface area contributed by atoms with Crippen molar-refractivity contribution in [1.82, 2.24) is 39.7 Å². The Hall–Kier alpha value is -5.13. The zero-order chi connectivity index (χ0) is 27.3. The fourth-order valence-corrected chi connectivity index (χ4v) is 4.46. The van der Waals surface area contributed by atoms with Crippen LogP contribution in [0.3, 0.4) is 0 Å². The second kappa shape index (κ2) is 9.31.